The first-order valence-electron chi connectivity index (χ1n) is 2.55. The van der Waals surface area contributed by atoms with Crippen LogP contribution >= 0.6 is 0 Å². The second kappa shape index (κ2) is 7.04. The van der Waals surface area contributed by atoms with Crippen molar-refractivity contribution in [3.8, 4) is 0 Å². The van der Waals surface area contributed by atoms with E-state index in [2.05, 4.69) is 0 Å². The molecule has 0 aromatic heterocycles. The highest BCUT2D eigenvalue weighted by Crippen LogP contribution is 1.61. The molecule has 0 aromatic rings. The number of hydrogen-bond donors (Lipinski definition) is 4. The molecule has 96 valence electrons. The van der Waals surface area contributed by atoms with E-state index in [9.17, 15) is 16.8 Å². The topological polar surface area (TPSA) is 183 Å². The van der Waals surface area contributed by atoms with Crippen LogP contribution in [0, 0.1) is 0 Å². The van der Waals surface area contributed by atoms with E-state index in [4.69, 9.17) is 26.6 Å². The van der Waals surface area contributed by atoms with E-state index in [0.29, 0.717) is 12.5 Å². The van der Waals surface area contributed by atoms with Gasteiger partial charge in [-0.05, 0) is 0 Å². The van der Waals surface area contributed by atoms with Crippen molar-refractivity contribution in [1.29, 1.82) is 0 Å². The summed E-state index contributed by atoms with van der Waals surface area (Å²) in [6, 6.07) is 0. The molecule has 0 heterocycles. The summed E-state index contributed by atoms with van der Waals surface area (Å²) in [4.78, 5) is 0. The molecular formula is C2H10O10S3. The number of hydrogen-bond acceptors (Lipinski definition) is 6. The monoisotopic (exact) mass is 290 g/mol. The van der Waals surface area contributed by atoms with Crippen LogP contribution in [-0.4, -0.2) is 56.0 Å². The molecule has 0 rings (SSSR count). The smallest absolute Gasteiger partial charge is 0.286 e. The summed E-state index contributed by atoms with van der Waals surface area (Å²) in [7, 11) is -12.0. The molecule has 0 aromatic carbocycles. The zero-order valence-electron chi connectivity index (χ0n) is 7.46. The molecule has 15 heavy (non-hydrogen) atoms. The molecule has 0 spiro atoms. The van der Waals surface area contributed by atoms with Crippen LogP contribution in [-0.2, 0) is 30.6 Å². The molecule has 0 amide bonds. The predicted molar refractivity (Wildman–Crippen MR) is 49.1 cm³/mol. The van der Waals surface area contributed by atoms with Crippen molar-refractivity contribution in [2.75, 3.05) is 12.5 Å². The zero-order chi connectivity index (χ0) is 13.5. The standard InChI is InChI=1S/2CH4O3S.H2O4S/c3*1-5(2,3)4/h2*1H3,(H,2,3,4);(H2,1,2,3,4). The quantitative estimate of drug-likeness (QED) is 0.377. The first-order valence-corrected chi connectivity index (χ1v) is 7.64. The molecule has 0 saturated carbocycles. The highest BCUT2D eigenvalue weighted by atomic mass is 32.3. The molecule has 0 fully saturated rings. The lowest BCUT2D eigenvalue weighted by molar-refractivity contribution is 0.380. The maximum atomic E-state index is 9.19. The third kappa shape index (κ3) is 19500. The Morgan fingerprint density at radius 3 is 0.600 bits per heavy atom. The molecule has 0 radical (unpaired) electrons. The molecule has 0 aliphatic heterocycles. The lowest BCUT2D eigenvalue weighted by Crippen LogP contribution is -1.89. The van der Waals surface area contributed by atoms with Gasteiger partial charge in [-0.15, -0.1) is 0 Å². The van der Waals surface area contributed by atoms with Crippen molar-refractivity contribution in [3.05, 3.63) is 0 Å². The van der Waals surface area contributed by atoms with E-state index in [-0.39, 0.29) is 0 Å². The van der Waals surface area contributed by atoms with Gasteiger partial charge in [0.1, 0.15) is 0 Å². The Morgan fingerprint density at radius 1 is 0.600 bits per heavy atom. The summed E-state index contributed by atoms with van der Waals surface area (Å²) < 4.78 is 83.3. The molecule has 0 bridgehead atoms. The highest BCUT2D eigenvalue weighted by Gasteiger charge is 1.84. The molecule has 4 N–H and O–H groups in total. The van der Waals surface area contributed by atoms with Gasteiger partial charge in [0.05, 0.1) is 12.5 Å². The lowest BCUT2D eigenvalue weighted by atomic mass is 12.0. The second-order valence-electron chi connectivity index (χ2n) is 1.91. The van der Waals surface area contributed by atoms with Gasteiger partial charge >= 0.3 is 10.4 Å². The predicted octanol–water partition coefficient (Wildman–Crippen LogP) is -1.64. The summed E-state index contributed by atoms with van der Waals surface area (Å²) in [6.45, 7) is 0. The Kier molecular flexibility index (Phi) is 9.46. The fourth-order valence-corrected chi connectivity index (χ4v) is 0. The van der Waals surface area contributed by atoms with Crippen molar-refractivity contribution in [1.82, 2.24) is 0 Å². The Labute approximate surface area is 87.0 Å². The number of rotatable bonds is 0. The maximum Gasteiger partial charge on any atom is 0.394 e. The SMILES string of the molecule is CS(=O)(=O)O.CS(=O)(=O)O.O=S(=O)(O)O. The molecular weight excluding hydrogens is 280 g/mol. The van der Waals surface area contributed by atoms with Crippen LogP contribution in [0.1, 0.15) is 0 Å². The lowest BCUT2D eigenvalue weighted by Gasteiger charge is -1.69. The van der Waals surface area contributed by atoms with Crippen molar-refractivity contribution < 1.29 is 43.5 Å². The van der Waals surface area contributed by atoms with Crippen LogP contribution in [0.25, 0.3) is 0 Å². The summed E-state index contributed by atoms with van der Waals surface area (Å²) in [5, 5.41) is 0. The maximum absolute atomic E-state index is 9.19. The molecule has 0 saturated heterocycles. The van der Waals surface area contributed by atoms with Crippen LogP contribution in [0.4, 0.5) is 0 Å². The van der Waals surface area contributed by atoms with Crippen molar-refractivity contribution >= 4 is 30.6 Å². The average Bonchev–Trinajstić information content (AvgIpc) is 1.41. The Balaban J connectivity index is -0.000000144. The first kappa shape index (κ1) is 20.1. The van der Waals surface area contributed by atoms with Crippen LogP contribution in [0.2, 0.25) is 0 Å². The zero-order valence-corrected chi connectivity index (χ0v) is 9.91. The van der Waals surface area contributed by atoms with Gasteiger partial charge < -0.3 is 0 Å². The van der Waals surface area contributed by atoms with Crippen molar-refractivity contribution in [2.24, 2.45) is 0 Å². The Hall–Kier alpha value is -0.310. The fourth-order valence-electron chi connectivity index (χ4n) is 0. The largest absolute Gasteiger partial charge is 0.394 e. The first-order chi connectivity index (χ1) is 6.00. The summed E-state index contributed by atoms with van der Waals surface area (Å²) in [6.07, 6.45) is 1.43. The van der Waals surface area contributed by atoms with E-state index in [1.807, 2.05) is 0 Å². The molecule has 0 aliphatic carbocycles. The van der Waals surface area contributed by atoms with Crippen LogP contribution in [0.15, 0.2) is 0 Å². The Morgan fingerprint density at radius 2 is 0.600 bits per heavy atom. The van der Waals surface area contributed by atoms with Gasteiger partial charge in [-0.1, -0.05) is 0 Å². The van der Waals surface area contributed by atoms with Gasteiger partial charge in [-0.25, -0.2) is 0 Å². The van der Waals surface area contributed by atoms with Crippen LogP contribution in [0.5, 0.6) is 0 Å². The van der Waals surface area contributed by atoms with Crippen molar-refractivity contribution in [2.45, 2.75) is 0 Å². The summed E-state index contributed by atoms with van der Waals surface area (Å²) >= 11 is 0. The molecule has 13 heteroatoms. The molecule has 0 aliphatic rings. The summed E-state index contributed by atoms with van der Waals surface area (Å²) in [5.41, 5.74) is 0. The van der Waals surface area contributed by atoms with E-state index in [1.165, 1.54) is 0 Å². The minimum atomic E-state index is -4.67. The van der Waals surface area contributed by atoms with Gasteiger partial charge in [0.15, 0.2) is 0 Å². The van der Waals surface area contributed by atoms with E-state index < -0.39 is 30.6 Å². The molecule has 0 unspecified atom stereocenters. The highest BCUT2D eigenvalue weighted by molar-refractivity contribution is 7.85. The molecule has 10 nitrogen and oxygen atoms in total. The average molecular weight is 290 g/mol. The van der Waals surface area contributed by atoms with Gasteiger partial charge in [0.25, 0.3) is 20.2 Å². The fraction of sp³-hybridized carbons (Fsp3) is 1.00. The van der Waals surface area contributed by atoms with E-state index >= 15 is 0 Å². The summed E-state index contributed by atoms with van der Waals surface area (Å²) in [5.74, 6) is 0. The third-order valence-corrected chi connectivity index (χ3v) is 0. The molecule has 0 atom stereocenters. The van der Waals surface area contributed by atoms with Crippen LogP contribution in [0.3, 0.4) is 0 Å². The van der Waals surface area contributed by atoms with Gasteiger partial charge in [0, 0.05) is 0 Å². The Bertz CT molecular complexity index is 340. The van der Waals surface area contributed by atoms with Crippen LogP contribution < -0.4 is 0 Å². The second-order valence-corrected chi connectivity index (χ2v) is 5.74. The van der Waals surface area contributed by atoms with E-state index in [0.717, 1.165) is 0 Å². The third-order valence-electron chi connectivity index (χ3n) is 0. The van der Waals surface area contributed by atoms with Gasteiger partial charge in [-0.2, -0.15) is 25.3 Å². The minimum Gasteiger partial charge on any atom is -0.286 e. The normalized spacial score (nSPS) is 11.6. The van der Waals surface area contributed by atoms with E-state index in [1.54, 1.807) is 0 Å². The van der Waals surface area contributed by atoms with Gasteiger partial charge in [0.2, 0.25) is 0 Å². The minimum absolute atomic E-state index is 0.715. The van der Waals surface area contributed by atoms with Gasteiger partial charge in [-0.3, -0.25) is 18.2 Å². The van der Waals surface area contributed by atoms with Crippen molar-refractivity contribution in [3.63, 3.8) is 0 Å².